The third kappa shape index (κ3) is 13.0. The summed E-state index contributed by atoms with van der Waals surface area (Å²) in [4.78, 5) is 32.4. The zero-order valence-corrected chi connectivity index (χ0v) is 32.4. The molecule has 18 heteroatoms. The quantitative estimate of drug-likeness (QED) is 0.0809. The molecule has 0 spiro atoms. The second-order valence-corrected chi connectivity index (χ2v) is 15.2. The van der Waals surface area contributed by atoms with Gasteiger partial charge in [-0.25, -0.2) is 0 Å². The first-order valence-corrected chi connectivity index (χ1v) is 19.4. The van der Waals surface area contributed by atoms with Gasteiger partial charge in [0.15, 0.2) is 18.7 Å². The summed E-state index contributed by atoms with van der Waals surface area (Å²) in [6.45, 7) is 0. The second-order valence-electron chi connectivity index (χ2n) is 12.4. The van der Waals surface area contributed by atoms with Gasteiger partial charge in [0.2, 0.25) is 0 Å². The number of ketones is 2. The number of nitrogens with zero attached hydrogens (tertiary/aromatic N) is 1. The molecule has 3 aromatic carbocycles. The van der Waals surface area contributed by atoms with Gasteiger partial charge in [-0.2, -0.15) is 26.3 Å². The number of carbonyl (C=O) groups excluding carboxylic acids is 2. The van der Waals surface area contributed by atoms with Crippen molar-refractivity contribution in [1.29, 1.82) is 0 Å². The van der Waals surface area contributed by atoms with Gasteiger partial charge < -0.3 is 30.5 Å². The van der Waals surface area contributed by atoms with Gasteiger partial charge in [-0.05, 0) is 37.1 Å². The van der Waals surface area contributed by atoms with Crippen LogP contribution in [0.1, 0.15) is 25.7 Å². The van der Waals surface area contributed by atoms with Crippen molar-refractivity contribution < 1.29 is 65.6 Å². The summed E-state index contributed by atoms with van der Waals surface area (Å²) in [6.07, 6.45) is 2.11. The Labute approximate surface area is 337 Å². The summed E-state index contributed by atoms with van der Waals surface area (Å²) in [6, 6.07) is 28.6. The second kappa shape index (κ2) is 21.8. The van der Waals surface area contributed by atoms with Crippen LogP contribution in [0.2, 0.25) is 0 Å². The first-order chi connectivity index (χ1) is 27.5. The van der Waals surface area contributed by atoms with E-state index < -0.39 is 47.3 Å². The van der Waals surface area contributed by atoms with Crippen LogP contribution in [0.15, 0.2) is 162 Å². The molecule has 0 heterocycles. The van der Waals surface area contributed by atoms with E-state index in [0.717, 1.165) is 53.1 Å². The van der Waals surface area contributed by atoms with E-state index >= 15 is 0 Å². The molecule has 6 rings (SSSR count). The number of nitrogens with one attached hydrogen (secondary N) is 2. The summed E-state index contributed by atoms with van der Waals surface area (Å²) in [5.74, 6) is -2.28. The van der Waals surface area contributed by atoms with Crippen molar-refractivity contribution in [2.75, 3.05) is 0 Å². The monoisotopic (exact) mass is 866 g/mol. The summed E-state index contributed by atoms with van der Waals surface area (Å²) in [5.41, 5.74) is -2.81. The van der Waals surface area contributed by atoms with Gasteiger partial charge in [-0.1, -0.05) is 116 Å². The fourth-order valence-electron chi connectivity index (χ4n) is 6.07. The van der Waals surface area contributed by atoms with Crippen LogP contribution in [0.5, 0.6) is 0 Å². The minimum atomic E-state index is -4.76. The Morgan fingerprint density at radius 3 is 1.19 bits per heavy atom. The summed E-state index contributed by atoms with van der Waals surface area (Å²) in [7, 11) is -2.78. The number of Topliss-reactive ketones (excluding diaryl/α,β-unsaturated/α-hetero) is 2. The first-order valence-electron chi connectivity index (χ1n) is 17.2. The summed E-state index contributed by atoms with van der Waals surface area (Å²) in [5, 5.41) is 23.3. The maximum atomic E-state index is 13.8. The van der Waals surface area contributed by atoms with Crippen molar-refractivity contribution in [3.05, 3.63) is 177 Å². The van der Waals surface area contributed by atoms with Crippen LogP contribution in [0, 0.1) is 15.3 Å². The number of carbonyl (C=O) groups is 2. The Morgan fingerprint density at radius 1 is 0.621 bits per heavy atom. The van der Waals surface area contributed by atoms with E-state index in [9.17, 15) is 40.5 Å². The van der Waals surface area contributed by atoms with E-state index in [-0.39, 0.29) is 23.2 Å². The predicted octanol–water partition coefficient (Wildman–Crippen LogP) is 7.47. The summed E-state index contributed by atoms with van der Waals surface area (Å²) < 4.78 is 99.6. The van der Waals surface area contributed by atoms with Gasteiger partial charge in [-0.3, -0.25) is 9.59 Å². The molecule has 2 N–H and O–H groups in total. The molecule has 0 aromatic heterocycles. The number of alkyl halides is 6. The Hall–Kier alpha value is -5.62. The van der Waals surface area contributed by atoms with Crippen LogP contribution < -0.4 is 26.5 Å². The zero-order valence-electron chi connectivity index (χ0n) is 30.2. The molecule has 58 heavy (non-hydrogen) atoms. The van der Waals surface area contributed by atoms with Gasteiger partial charge in [0, 0.05) is 51.5 Å². The van der Waals surface area contributed by atoms with Gasteiger partial charge >= 0.3 is 32.4 Å². The number of benzene rings is 3. The van der Waals surface area contributed by atoms with E-state index in [2.05, 4.69) is 10.6 Å². The van der Waals surface area contributed by atoms with Crippen molar-refractivity contribution in [1.82, 2.24) is 10.6 Å². The molecule has 1 saturated carbocycles. The maximum absolute atomic E-state index is 13.8. The molecular weight excluding hydrogens is 831 g/mol. The molecule has 0 unspecified atom stereocenters. The number of hydrogen-bond acceptors (Lipinski definition) is 9. The molecule has 0 saturated heterocycles. The number of hydrogen-bond donors (Lipinski definition) is 2. The van der Waals surface area contributed by atoms with E-state index in [4.69, 9.17) is 19.1 Å². The van der Waals surface area contributed by atoms with Crippen LogP contribution in [0.25, 0.3) is 0 Å². The van der Waals surface area contributed by atoms with Gasteiger partial charge in [0.05, 0.1) is 5.09 Å². The zero-order chi connectivity index (χ0) is 42.9. The third-order valence-corrected chi connectivity index (χ3v) is 11.8. The molecular formula is C40H35CrF6N3O7P-. The average Bonchev–Trinajstić information content (AvgIpc) is 3.21. The normalized spacial score (nSPS) is 19.2. The van der Waals surface area contributed by atoms with Crippen molar-refractivity contribution in [3.63, 3.8) is 0 Å². The average molecular weight is 867 g/mol. The van der Waals surface area contributed by atoms with Crippen LogP contribution in [0.3, 0.4) is 0 Å². The standard InChI is InChI=1S/C22H20F6N2O2.C18H15OP.Cr.NO3.O/c23-21(24,25)15-7-3-5-13(19(15)31)11-29-17-9-1-2-10-18(17)30-12-14-6-4-8-16(20(14)32)22(26,27)28;19-20(16-10-4-1-5-11-16,17-12-6-2-7-13-17)18-14-8-3-9-15-18;;2-1(3)4;/h3-8,11-12,17-18,29-30H,1-2,9-10H2;1-15H;;;/q;;;-1;/b13-11-,14-12-;;;;/t17-,18-;;;;/m1..../s1. The van der Waals surface area contributed by atoms with Crippen molar-refractivity contribution in [2.45, 2.75) is 50.1 Å². The molecule has 1 fully saturated rings. The minimum absolute atomic E-state index is 0.146. The number of rotatable bonds is 7. The Kier molecular flexibility index (Phi) is 17.6. The van der Waals surface area contributed by atoms with Crippen LogP contribution >= 0.6 is 7.14 Å². The molecule has 306 valence electrons. The molecule has 10 nitrogen and oxygen atoms in total. The third-order valence-electron chi connectivity index (χ3n) is 8.73. The molecule has 3 aromatic rings. The molecule has 0 bridgehead atoms. The fourth-order valence-corrected chi connectivity index (χ4v) is 8.74. The molecule has 0 radical (unpaired) electrons. The van der Waals surface area contributed by atoms with Crippen LogP contribution in [0.4, 0.5) is 26.3 Å². The van der Waals surface area contributed by atoms with E-state index in [0.29, 0.717) is 12.8 Å². The molecule has 2 atom stereocenters. The molecule has 3 aliphatic carbocycles. The molecule has 0 aliphatic heterocycles. The number of allylic oxidation sites excluding steroid dienone is 10. The van der Waals surface area contributed by atoms with Gasteiger partial charge in [-0.15, -0.1) is 0 Å². The van der Waals surface area contributed by atoms with Crippen molar-refractivity contribution >= 4 is 34.6 Å². The van der Waals surface area contributed by atoms with Crippen LogP contribution in [-0.2, 0) is 34.2 Å². The van der Waals surface area contributed by atoms with E-state index in [1.54, 1.807) is 0 Å². The Balaban J connectivity index is 0.000000294. The Bertz CT molecular complexity index is 1940. The number of halogens is 6. The molecule has 3 aliphatic rings. The SMILES string of the molecule is O=C1C(C(F)(F)F)=CC=C/C1=C/N[C@@H]1CCCC[C@H]1N/C=C1/C=CC=C(C(F)(F)F)C1=O.O=P(c1ccccc1)(c1ccccc1)c1ccccc1.O=[N+]([O-])[O-].[O]=[Cr]. The van der Waals surface area contributed by atoms with Gasteiger partial charge in [0.25, 0.3) is 0 Å². The first kappa shape index (κ1) is 46.8. The van der Waals surface area contributed by atoms with Crippen molar-refractivity contribution in [3.8, 4) is 0 Å². The fraction of sp³-hybridized carbons (Fsp3) is 0.200. The van der Waals surface area contributed by atoms with Gasteiger partial charge in [0.1, 0.15) is 11.1 Å². The summed E-state index contributed by atoms with van der Waals surface area (Å²) >= 11 is 1.38. The predicted molar refractivity (Wildman–Crippen MR) is 202 cm³/mol. The van der Waals surface area contributed by atoms with Crippen LogP contribution in [-0.4, -0.2) is 41.1 Å². The topological polar surface area (TPSA) is 159 Å². The molecule has 0 amide bonds. The van der Waals surface area contributed by atoms with E-state index in [1.165, 1.54) is 40.8 Å². The van der Waals surface area contributed by atoms with Crippen molar-refractivity contribution in [2.24, 2.45) is 0 Å². The Morgan fingerprint density at radius 2 is 0.914 bits per heavy atom. The van der Waals surface area contributed by atoms with E-state index in [1.807, 2.05) is 91.0 Å².